The van der Waals surface area contributed by atoms with Gasteiger partial charge in [-0.3, -0.25) is 19.2 Å². The average molecular weight is 509 g/mol. The number of aliphatic carboxylic acids is 2. The molecule has 0 bridgehead atoms. The lowest BCUT2D eigenvalue weighted by atomic mass is 9.98. The van der Waals surface area contributed by atoms with Gasteiger partial charge in [0.05, 0.1) is 12.5 Å². The van der Waals surface area contributed by atoms with Crippen molar-refractivity contribution >= 4 is 29.7 Å². The fourth-order valence-electron chi connectivity index (χ4n) is 3.38. The number of carbonyl (C=O) groups is 5. The van der Waals surface area contributed by atoms with Gasteiger partial charge in [-0.05, 0) is 36.0 Å². The molecule has 36 heavy (non-hydrogen) atoms. The van der Waals surface area contributed by atoms with Crippen molar-refractivity contribution in [1.29, 1.82) is 0 Å². The van der Waals surface area contributed by atoms with E-state index < -0.39 is 66.2 Å². The quantitative estimate of drug-likeness (QED) is 0.180. The third-order valence-corrected chi connectivity index (χ3v) is 5.31. The van der Waals surface area contributed by atoms with Crippen molar-refractivity contribution in [3.8, 4) is 5.75 Å². The molecule has 0 saturated heterocycles. The Bertz CT molecular complexity index is 933. The van der Waals surface area contributed by atoms with Crippen LogP contribution in [0, 0.1) is 11.8 Å². The number of nitrogens with two attached hydrogens (primary N) is 1. The minimum absolute atomic E-state index is 0.0178. The van der Waals surface area contributed by atoms with Gasteiger partial charge < -0.3 is 37.0 Å². The van der Waals surface area contributed by atoms with Crippen LogP contribution in [0.25, 0.3) is 0 Å². The van der Waals surface area contributed by atoms with Crippen LogP contribution in [0.3, 0.4) is 0 Å². The summed E-state index contributed by atoms with van der Waals surface area (Å²) in [6.45, 7) is 6.96. The molecule has 8 N–H and O–H groups in total. The highest BCUT2D eigenvalue weighted by molar-refractivity contribution is 5.94. The lowest BCUT2D eigenvalue weighted by Crippen LogP contribution is -2.58. The fourth-order valence-corrected chi connectivity index (χ4v) is 3.38. The maximum absolute atomic E-state index is 13.0. The van der Waals surface area contributed by atoms with E-state index in [1.807, 2.05) is 13.8 Å². The number of phenolic OH excluding ortho intramolecular Hbond substituents is 1. The molecule has 0 aliphatic carbocycles. The Morgan fingerprint density at radius 1 is 0.833 bits per heavy atom. The van der Waals surface area contributed by atoms with Crippen LogP contribution < -0.4 is 21.7 Å². The Morgan fingerprint density at radius 2 is 1.39 bits per heavy atom. The maximum atomic E-state index is 13.0. The fraction of sp³-hybridized carbons (Fsp3) is 0.542. The number of carboxylic acids is 2. The van der Waals surface area contributed by atoms with Crippen molar-refractivity contribution in [1.82, 2.24) is 16.0 Å². The first-order valence-electron chi connectivity index (χ1n) is 11.6. The first kappa shape index (κ1) is 30.4. The van der Waals surface area contributed by atoms with E-state index in [9.17, 15) is 34.2 Å². The average Bonchev–Trinajstić information content (AvgIpc) is 2.76. The molecule has 0 aliphatic rings. The molecule has 0 saturated carbocycles. The summed E-state index contributed by atoms with van der Waals surface area (Å²) < 4.78 is 0. The smallest absolute Gasteiger partial charge is 0.326 e. The predicted molar refractivity (Wildman–Crippen MR) is 130 cm³/mol. The standard InChI is InChI=1S/C24H36N4O8/c1-12(2)9-17(26-21(32)16(25)11-19(30)31)22(33)28-20(13(3)4)23(34)27-18(24(35)36)10-14-5-7-15(29)8-6-14/h5-8,12-13,16-18,20,29H,9-11,25H2,1-4H3,(H,26,32)(H,27,34)(H,28,33)(H,30,31)(H,35,36). The summed E-state index contributed by atoms with van der Waals surface area (Å²) in [6, 6.07) is 1.03. The SMILES string of the molecule is CC(C)CC(NC(=O)C(N)CC(=O)O)C(=O)NC(C(=O)NC(Cc1ccc(O)cc1)C(=O)O)C(C)C. The van der Waals surface area contributed by atoms with Gasteiger partial charge in [0.1, 0.15) is 23.9 Å². The first-order chi connectivity index (χ1) is 16.7. The maximum Gasteiger partial charge on any atom is 0.326 e. The molecule has 0 fully saturated rings. The molecule has 1 aromatic rings. The van der Waals surface area contributed by atoms with E-state index in [1.165, 1.54) is 24.3 Å². The van der Waals surface area contributed by atoms with Crippen LogP contribution in [0.5, 0.6) is 5.75 Å². The second-order valence-corrected chi connectivity index (χ2v) is 9.40. The van der Waals surface area contributed by atoms with E-state index in [2.05, 4.69) is 16.0 Å². The van der Waals surface area contributed by atoms with Crippen LogP contribution in [0.1, 0.15) is 46.1 Å². The molecule has 12 heteroatoms. The van der Waals surface area contributed by atoms with E-state index in [0.717, 1.165) is 0 Å². The second-order valence-electron chi connectivity index (χ2n) is 9.40. The summed E-state index contributed by atoms with van der Waals surface area (Å²) in [5, 5.41) is 35.3. The molecule has 0 radical (unpaired) electrons. The van der Waals surface area contributed by atoms with Crippen molar-refractivity contribution in [3.63, 3.8) is 0 Å². The van der Waals surface area contributed by atoms with Gasteiger partial charge in [-0.1, -0.05) is 39.8 Å². The number of aromatic hydroxyl groups is 1. The first-order valence-corrected chi connectivity index (χ1v) is 11.6. The van der Waals surface area contributed by atoms with Gasteiger partial charge in [-0.15, -0.1) is 0 Å². The highest BCUT2D eigenvalue weighted by Gasteiger charge is 2.32. The normalized spacial score (nSPS) is 14.4. The van der Waals surface area contributed by atoms with Gasteiger partial charge in [-0.25, -0.2) is 4.79 Å². The number of nitrogens with one attached hydrogen (secondary N) is 3. The minimum atomic E-state index is -1.36. The predicted octanol–water partition coefficient (Wildman–Crippen LogP) is -0.0222. The summed E-state index contributed by atoms with van der Waals surface area (Å²) in [5.41, 5.74) is 6.16. The van der Waals surface area contributed by atoms with Crippen LogP contribution in [0.4, 0.5) is 0 Å². The number of carbonyl (C=O) groups excluding carboxylic acids is 3. The number of hydrogen-bond acceptors (Lipinski definition) is 7. The Morgan fingerprint density at radius 3 is 1.86 bits per heavy atom. The van der Waals surface area contributed by atoms with Crippen molar-refractivity contribution in [2.75, 3.05) is 0 Å². The molecule has 200 valence electrons. The van der Waals surface area contributed by atoms with Crippen molar-refractivity contribution in [2.24, 2.45) is 17.6 Å². The summed E-state index contributed by atoms with van der Waals surface area (Å²) in [7, 11) is 0. The summed E-state index contributed by atoms with van der Waals surface area (Å²) >= 11 is 0. The van der Waals surface area contributed by atoms with E-state index >= 15 is 0 Å². The second kappa shape index (κ2) is 14.0. The van der Waals surface area contributed by atoms with E-state index in [0.29, 0.717) is 5.56 Å². The number of rotatable bonds is 14. The monoisotopic (exact) mass is 508 g/mol. The van der Waals surface area contributed by atoms with Gasteiger partial charge in [0.15, 0.2) is 0 Å². The molecular weight excluding hydrogens is 472 g/mol. The zero-order valence-corrected chi connectivity index (χ0v) is 20.9. The van der Waals surface area contributed by atoms with Crippen molar-refractivity contribution in [2.45, 2.75) is 71.1 Å². The van der Waals surface area contributed by atoms with Crippen LogP contribution in [-0.2, 0) is 30.4 Å². The van der Waals surface area contributed by atoms with Crippen molar-refractivity contribution in [3.05, 3.63) is 29.8 Å². The molecule has 3 amide bonds. The lowest BCUT2D eigenvalue weighted by Gasteiger charge is -2.27. The van der Waals surface area contributed by atoms with E-state index in [-0.39, 0.29) is 24.5 Å². The summed E-state index contributed by atoms with van der Waals surface area (Å²) in [5.74, 6) is -5.21. The molecule has 1 rings (SSSR count). The molecule has 4 atom stereocenters. The number of amides is 3. The number of hydrogen-bond donors (Lipinski definition) is 7. The number of benzene rings is 1. The van der Waals surface area contributed by atoms with Gasteiger partial charge >= 0.3 is 11.9 Å². The van der Waals surface area contributed by atoms with Gasteiger partial charge in [-0.2, -0.15) is 0 Å². The number of phenols is 1. The van der Waals surface area contributed by atoms with Crippen LogP contribution >= 0.6 is 0 Å². The lowest BCUT2D eigenvalue weighted by molar-refractivity contribution is -0.142. The third-order valence-electron chi connectivity index (χ3n) is 5.31. The van der Waals surface area contributed by atoms with E-state index in [1.54, 1.807) is 13.8 Å². The van der Waals surface area contributed by atoms with Gasteiger partial charge in [0.25, 0.3) is 0 Å². The molecule has 0 aromatic heterocycles. The molecule has 0 aliphatic heterocycles. The topological polar surface area (TPSA) is 208 Å². The molecule has 0 heterocycles. The van der Waals surface area contributed by atoms with Gasteiger partial charge in [0.2, 0.25) is 17.7 Å². The highest BCUT2D eigenvalue weighted by Crippen LogP contribution is 2.13. The molecule has 4 unspecified atom stereocenters. The number of carboxylic acid groups (broad SMARTS) is 2. The molecule has 0 spiro atoms. The Labute approximate surface area is 209 Å². The van der Waals surface area contributed by atoms with Crippen LogP contribution in [0.2, 0.25) is 0 Å². The summed E-state index contributed by atoms with van der Waals surface area (Å²) in [4.78, 5) is 60.9. The Kier molecular flexibility index (Phi) is 11.8. The Balaban J connectivity index is 2.97. The summed E-state index contributed by atoms with van der Waals surface area (Å²) in [6.07, 6.45) is -0.466. The zero-order chi connectivity index (χ0) is 27.6. The van der Waals surface area contributed by atoms with Gasteiger partial charge in [0, 0.05) is 6.42 Å². The molecular formula is C24H36N4O8. The van der Waals surface area contributed by atoms with Crippen LogP contribution in [0.15, 0.2) is 24.3 Å². The largest absolute Gasteiger partial charge is 0.508 e. The van der Waals surface area contributed by atoms with E-state index in [4.69, 9.17) is 10.8 Å². The zero-order valence-electron chi connectivity index (χ0n) is 20.9. The minimum Gasteiger partial charge on any atom is -0.508 e. The Hall–Kier alpha value is -3.67. The van der Waals surface area contributed by atoms with Crippen LogP contribution in [-0.4, -0.2) is 69.1 Å². The molecule has 1 aromatic carbocycles. The molecule has 12 nitrogen and oxygen atoms in total. The highest BCUT2D eigenvalue weighted by atomic mass is 16.4. The third kappa shape index (κ3) is 10.3. The van der Waals surface area contributed by atoms with Crippen molar-refractivity contribution < 1.29 is 39.3 Å².